The number of esters is 1. The molecule has 0 aliphatic heterocycles. The van der Waals surface area contributed by atoms with Gasteiger partial charge in [-0.3, -0.25) is 5.32 Å². The van der Waals surface area contributed by atoms with E-state index in [0.29, 0.717) is 18.2 Å². The molecule has 0 fully saturated rings. The Morgan fingerprint density at radius 3 is 2.52 bits per heavy atom. The molecule has 0 bridgehead atoms. The van der Waals surface area contributed by atoms with Gasteiger partial charge in [0.2, 0.25) is 0 Å². The summed E-state index contributed by atoms with van der Waals surface area (Å²) in [5, 5.41) is 3.36. The molecule has 0 aliphatic carbocycles. The van der Waals surface area contributed by atoms with Crippen LogP contribution in [0, 0.1) is 5.92 Å². The van der Waals surface area contributed by atoms with Gasteiger partial charge in [0.15, 0.2) is 5.54 Å². The molecule has 0 radical (unpaired) electrons. The minimum Gasteiger partial charge on any atom is -0.467 e. The van der Waals surface area contributed by atoms with Crippen molar-refractivity contribution in [2.45, 2.75) is 32.7 Å². The average molecular weight is 309 g/mol. The van der Waals surface area contributed by atoms with Crippen LogP contribution in [0.3, 0.4) is 0 Å². The highest BCUT2D eigenvalue weighted by molar-refractivity contribution is 7.99. The van der Waals surface area contributed by atoms with Crippen molar-refractivity contribution in [3.63, 3.8) is 0 Å². The lowest BCUT2D eigenvalue weighted by Gasteiger charge is -2.32. The minimum atomic E-state index is -0.761. The number of likely N-dealkylation sites (N-methyl/N-ethyl adjacent to an activating group) is 1. The van der Waals surface area contributed by atoms with Crippen molar-refractivity contribution < 1.29 is 9.53 Å². The van der Waals surface area contributed by atoms with E-state index >= 15 is 0 Å². The van der Waals surface area contributed by atoms with Gasteiger partial charge in [-0.1, -0.05) is 57.5 Å². The van der Waals surface area contributed by atoms with E-state index in [1.165, 1.54) is 7.11 Å². The van der Waals surface area contributed by atoms with Crippen LogP contribution < -0.4 is 5.32 Å². The predicted molar refractivity (Wildman–Crippen MR) is 90.6 cm³/mol. The van der Waals surface area contributed by atoms with Crippen molar-refractivity contribution in [2.75, 3.05) is 25.2 Å². The second-order valence-electron chi connectivity index (χ2n) is 5.32. The topological polar surface area (TPSA) is 38.3 Å². The van der Waals surface area contributed by atoms with Gasteiger partial charge in [0.1, 0.15) is 0 Å². The zero-order valence-electron chi connectivity index (χ0n) is 13.5. The number of carbonyl (C=O) groups is 1. The molecule has 0 aliphatic rings. The van der Waals surface area contributed by atoms with Gasteiger partial charge in [0, 0.05) is 5.75 Å². The second-order valence-corrected chi connectivity index (χ2v) is 6.35. The monoisotopic (exact) mass is 309 g/mol. The maximum atomic E-state index is 12.5. The van der Waals surface area contributed by atoms with Gasteiger partial charge in [-0.2, -0.15) is 11.8 Å². The zero-order valence-corrected chi connectivity index (χ0v) is 14.3. The van der Waals surface area contributed by atoms with Crippen molar-refractivity contribution >= 4 is 17.7 Å². The summed E-state index contributed by atoms with van der Waals surface area (Å²) in [4.78, 5) is 12.5. The van der Waals surface area contributed by atoms with Gasteiger partial charge < -0.3 is 4.74 Å². The highest BCUT2D eigenvalue weighted by atomic mass is 32.2. The molecule has 0 saturated carbocycles. The van der Waals surface area contributed by atoms with Gasteiger partial charge in [-0.15, -0.1) is 0 Å². The number of thioether (sulfide) groups is 1. The summed E-state index contributed by atoms with van der Waals surface area (Å²) < 4.78 is 5.09. The normalized spacial score (nSPS) is 15.2. The number of carbonyl (C=O) groups excluding carboxylic acids is 1. The largest absolute Gasteiger partial charge is 0.467 e. The van der Waals surface area contributed by atoms with Crippen molar-refractivity contribution in [2.24, 2.45) is 5.92 Å². The number of hydrogen-bond donors (Lipinski definition) is 1. The summed E-state index contributed by atoms with van der Waals surface area (Å²) in [6.45, 7) is 7.16. The maximum absolute atomic E-state index is 12.5. The standard InChI is InChI=1S/C17H27NO2S/c1-5-14(3)12-21-13-17(18-6-2,16(19)20-4)15-10-8-7-9-11-15/h7-11,14,18H,5-6,12-13H2,1-4H3. The Bertz CT molecular complexity index is 424. The third-order valence-corrected chi connectivity index (χ3v) is 5.14. The average Bonchev–Trinajstić information content (AvgIpc) is 2.53. The smallest absolute Gasteiger partial charge is 0.331 e. The van der Waals surface area contributed by atoms with Crippen LogP contribution in [0.4, 0.5) is 0 Å². The van der Waals surface area contributed by atoms with Crippen LogP contribution in [0.25, 0.3) is 0 Å². The maximum Gasteiger partial charge on any atom is 0.331 e. The van der Waals surface area contributed by atoms with Crippen molar-refractivity contribution in [1.82, 2.24) is 5.32 Å². The molecule has 0 spiro atoms. The van der Waals surface area contributed by atoms with Gasteiger partial charge in [-0.25, -0.2) is 4.79 Å². The third-order valence-electron chi connectivity index (χ3n) is 3.70. The van der Waals surface area contributed by atoms with Crippen LogP contribution in [-0.4, -0.2) is 31.1 Å². The zero-order chi connectivity index (χ0) is 15.7. The summed E-state index contributed by atoms with van der Waals surface area (Å²) in [6.07, 6.45) is 1.16. The Balaban J connectivity index is 2.99. The lowest BCUT2D eigenvalue weighted by Crippen LogP contribution is -2.52. The predicted octanol–water partition coefficient (Wildman–Crippen LogP) is 3.44. The van der Waals surface area contributed by atoms with Gasteiger partial charge in [-0.05, 0) is 23.8 Å². The molecule has 2 unspecified atom stereocenters. The van der Waals surface area contributed by atoms with Crippen LogP contribution >= 0.6 is 11.8 Å². The number of methoxy groups -OCH3 is 1. The summed E-state index contributed by atoms with van der Waals surface area (Å²) >= 11 is 1.81. The molecular formula is C17H27NO2S. The summed E-state index contributed by atoms with van der Waals surface area (Å²) in [5.74, 6) is 2.17. The number of nitrogens with one attached hydrogen (secondary N) is 1. The first-order valence-electron chi connectivity index (χ1n) is 7.57. The van der Waals surface area contributed by atoms with Gasteiger partial charge in [0.05, 0.1) is 7.11 Å². The van der Waals surface area contributed by atoms with Gasteiger partial charge in [0.25, 0.3) is 0 Å². The van der Waals surface area contributed by atoms with Crippen LogP contribution in [0.1, 0.15) is 32.8 Å². The highest BCUT2D eigenvalue weighted by Crippen LogP contribution is 2.28. The molecule has 21 heavy (non-hydrogen) atoms. The Morgan fingerprint density at radius 2 is 2.00 bits per heavy atom. The van der Waals surface area contributed by atoms with Crippen LogP contribution in [0.2, 0.25) is 0 Å². The SMILES string of the molecule is CCNC(CSCC(C)CC)(C(=O)OC)c1ccccc1. The minimum absolute atomic E-state index is 0.216. The molecule has 0 heterocycles. The van der Waals surface area contributed by atoms with E-state index in [2.05, 4.69) is 19.2 Å². The number of ether oxygens (including phenoxy) is 1. The quantitative estimate of drug-likeness (QED) is 0.709. The van der Waals surface area contributed by atoms with E-state index in [4.69, 9.17) is 4.74 Å². The Morgan fingerprint density at radius 1 is 1.33 bits per heavy atom. The summed E-state index contributed by atoms with van der Waals surface area (Å²) in [7, 11) is 1.46. The first-order valence-corrected chi connectivity index (χ1v) is 8.72. The summed E-state index contributed by atoms with van der Waals surface area (Å²) in [5.41, 5.74) is 0.207. The van der Waals surface area contributed by atoms with E-state index in [1.807, 2.05) is 49.0 Å². The lowest BCUT2D eigenvalue weighted by molar-refractivity contribution is -0.148. The van der Waals surface area contributed by atoms with E-state index in [1.54, 1.807) is 0 Å². The summed E-state index contributed by atoms with van der Waals surface area (Å²) in [6, 6.07) is 9.87. The molecule has 1 aromatic carbocycles. The van der Waals surface area contributed by atoms with Gasteiger partial charge >= 0.3 is 5.97 Å². The fourth-order valence-corrected chi connectivity index (χ4v) is 3.66. The van der Waals surface area contributed by atoms with Crippen LogP contribution in [-0.2, 0) is 15.1 Å². The Hall–Kier alpha value is -1.00. The number of benzene rings is 1. The van der Waals surface area contributed by atoms with E-state index in [-0.39, 0.29) is 5.97 Å². The fraction of sp³-hybridized carbons (Fsp3) is 0.588. The molecule has 0 amide bonds. The lowest BCUT2D eigenvalue weighted by atomic mass is 9.91. The van der Waals surface area contributed by atoms with Crippen molar-refractivity contribution in [3.8, 4) is 0 Å². The molecule has 2 atom stereocenters. The number of hydrogen-bond acceptors (Lipinski definition) is 4. The Labute approximate surface area is 132 Å². The molecule has 1 N–H and O–H groups in total. The molecule has 4 heteroatoms. The van der Waals surface area contributed by atoms with E-state index in [0.717, 1.165) is 17.7 Å². The fourth-order valence-electron chi connectivity index (χ4n) is 2.22. The molecule has 3 nitrogen and oxygen atoms in total. The molecule has 1 aromatic rings. The third kappa shape index (κ3) is 4.75. The van der Waals surface area contributed by atoms with Crippen LogP contribution in [0.5, 0.6) is 0 Å². The Kier molecular flexibility index (Phi) is 7.83. The van der Waals surface area contributed by atoms with E-state index in [9.17, 15) is 4.79 Å². The first-order chi connectivity index (χ1) is 10.1. The molecular weight excluding hydrogens is 282 g/mol. The first kappa shape index (κ1) is 18.1. The molecule has 0 aromatic heterocycles. The van der Waals surface area contributed by atoms with Crippen molar-refractivity contribution in [3.05, 3.63) is 35.9 Å². The second kappa shape index (κ2) is 9.11. The molecule has 118 valence electrons. The van der Waals surface area contributed by atoms with E-state index < -0.39 is 5.54 Å². The van der Waals surface area contributed by atoms with Crippen LogP contribution in [0.15, 0.2) is 30.3 Å². The highest BCUT2D eigenvalue weighted by Gasteiger charge is 2.40. The number of rotatable bonds is 9. The van der Waals surface area contributed by atoms with Crippen molar-refractivity contribution in [1.29, 1.82) is 0 Å². The molecule has 0 saturated heterocycles. The molecule has 1 rings (SSSR count).